The monoisotopic (exact) mass is 299 g/mol. The molecule has 1 atom stereocenters. The van der Waals surface area contributed by atoms with Crippen LogP contribution < -0.4 is 5.73 Å². The third-order valence-electron chi connectivity index (χ3n) is 3.37. The Bertz CT molecular complexity index is 605. The van der Waals surface area contributed by atoms with Gasteiger partial charge in [0.2, 0.25) is 5.91 Å². The lowest BCUT2D eigenvalue weighted by molar-refractivity contribution is -0.130. The molecule has 2 rings (SSSR count). The average Bonchev–Trinajstić information content (AvgIpc) is 2.40. The summed E-state index contributed by atoms with van der Waals surface area (Å²) < 4.78 is 41.3. The van der Waals surface area contributed by atoms with Gasteiger partial charge >= 0.3 is 0 Å². The van der Waals surface area contributed by atoms with Gasteiger partial charge in [0.25, 0.3) is 6.43 Å². The molecule has 1 amide bonds. The molecular formula is C13H14F3N4O-. The number of carbonyl (C=O) groups excluding carboxylic acids is 1. The molecule has 0 radical (unpaired) electrons. The summed E-state index contributed by atoms with van der Waals surface area (Å²) in [6.07, 6.45) is -3.07. The molecule has 1 aromatic carbocycles. The van der Waals surface area contributed by atoms with Crippen molar-refractivity contribution in [3.8, 4) is 0 Å². The van der Waals surface area contributed by atoms with Crippen molar-refractivity contribution in [3.05, 3.63) is 35.3 Å². The number of benzene rings is 1. The van der Waals surface area contributed by atoms with Crippen molar-refractivity contribution in [2.75, 3.05) is 13.1 Å². The Morgan fingerprint density at radius 1 is 1.52 bits per heavy atom. The zero-order chi connectivity index (χ0) is 15.8. The largest absolute Gasteiger partial charge is 0.699 e. The van der Waals surface area contributed by atoms with E-state index in [1.54, 1.807) is 0 Å². The van der Waals surface area contributed by atoms with Crippen molar-refractivity contribution in [1.82, 2.24) is 4.90 Å². The fourth-order valence-electron chi connectivity index (χ4n) is 2.33. The highest BCUT2D eigenvalue weighted by Crippen LogP contribution is 2.38. The molecule has 114 valence electrons. The number of nitrogens with two attached hydrogens (primary N) is 1. The summed E-state index contributed by atoms with van der Waals surface area (Å²) >= 11 is 0. The van der Waals surface area contributed by atoms with Gasteiger partial charge in [0.15, 0.2) is 5.54 Å². The molecule has 0 saturated carbocycles. The van der Waals surface area contributed by atoms with E-state index in [4.69, 9.17) is 11.5 Å². The quantitative estimate of drug-likeness (QED) is 0.908. The van der Waals surface area contributed by atoms with E-state index in [0.29, 0.717) is 0 Å². The number of alkyl halides is 2. The Balaban J connectivity index is 2.63. The van der Waals surface area contributed by atoms with Crippen LogP contribution >= 0.6 is 0 Å². The number of nitrogens with zero attached hydrogens (tertiary/aromatic N) is 2. The smallest absolute Gasteiger partial charge is 0.269 e. The zero-order valence-corrected chi connectivity index (χ0v) is 11.2. The number of nitrogens with one attached hydrogen (secondary N) is 1. The van der Waals surface area contributed by atoms with E-state index >= 15 is 0 Å². The lowest BCUT2D eigenvalue weighted by atomic mass is 9.88. The Labute approximate surface area is 119 Å². The fourth-order valence-corrected chi connectivity index (χ4v) is 2.33. The van der Waals surface area contributed by atoms with Gasteiger partial charge in [-0.25, -0.2) is 13.2 Å². The topological polar surface area (TPSA) is 82.5 Å². The highest BCUT2D eigenvalue weighted by molar-refractivity contribution is 5.88. The molecule has 5 nitrogen and oxygen atoms in total. The second-order valence-corrected chi connectivity index (χ2v) is 4.90. The van der Waals surface area contributed by atoms with E-state index in [9.17, 15) is 18.0 Å². The average molecular weight is 299 g/mol. The predicted octanol–water partition coefficient (Wildman–Crippen LogP) is 2.19. The minimum atomic E-state index is -3.07. The molecule has 1 unspecified atom stereocenters. The third kappa shape index (κ3) is 2.65. The van der Waals surface area contributed by atoms with Crippen molar-refractivity contribution in [2.45, 2.75) is 18.9 Å². The summed E-state index contributed by atoms with van der Waals surface area (Å²) in [5, 5.41) is 0. The Morgan fingerprint density at radius 3 is 2.76 bits per heavy atom. The van der Waals surface area contributed by atoms with Crippen LogP contribution in [0.25, 0.3) is 5.73 Å². The van der Waals surface area contributed by atoms with E-state index in [1.165, 1.54) is 6.92 Å². The van der Waals surface area contributed by atoms with E-state index in [0.717, 1.165) is 23.1 Å². The first-order chi connectivity index (χ1) is 9.76. The molecule has 1 aliphatic rings. The number of hydrogen-bond donors (Lipinski definition) is 1. The minimum absolute atomic E-state index is 0.0774. The second kappa shape index (κ2) is 5.27. The number of hydrogen-bond acceptors (Lipinski definition) is 3. The molecule has 1 heterocycles. The standard InChI is InChI=1S/C13H14F3N4O/c1-7(21)20-5-11(18)19-13(6-20,12(15)16)9-4-8(17)2-3-10(9)14/h2-4,12,17H,5-6H2,1H3,(H2,18,19)/q-1. The van der Waals surface area contributed by atoms with Crippen molar-refractivity contribution >= 4 is 17.4 Å². The zero-order valence-electron chi connectivity index (χ0n) is 11.2. The maximum Gasteiger partial charge on any atom is 0.269 e. The molecule has 0 bridgehead atoms. The van der Waals surface area contributed by atoms with Crippen LogP contribution in [0.4, 0.5) is 18.9 Å². The molecule has 1 aliphatic heterocycles. The number of aliphatic imine (C=N–C) groups is 1. The Morgan fingerprint density at radius 2 is 2.19 bits per heavy atom. The molecule has 0 aromatic heterocycles. The van der Waals surface area contributed by atoms with Crippen LogP contribution in [0.15, 0.2) is 23.2 Å². The van der Waals surface area contributed by atoms with Gasteiger partial charge in [-0.3, -0.25) is 9.79 Å². The maximum atomic E-state index is 14.0. The highest BCUT2D eigenvalue weighted by atomic mass is 19.3. The van der Waals surface area contributed by atoms with Crippen LogP contribution in [0, 0.1) is 5.82 Å². The number of amidine groups is 1. The van der Waals surface area contributed by atoms with Gasteiger partial charge in [-0.05, 0) is 6.07 Å². The van der Waals surface area contributed by atoms with Crippen LogP contribution in [0.3, 0.4) is 0 Å². The summed E-state index contributed by atoms with van der Waals surface area (Å²) in [6.45, 7) is 0.652. The first kappa shape index (κ1) is 15.1. The van der Waals surface area contributed by atoms with Crippen molar-refractivity contribution < 1.29 is 18.0 Å². The van der Waals surface area contributed by atoms with Crippen LogP contribution in [-0.2, 0) is 10.3 Å². The van der Waals surface area contributed by atoms with Gasteiger partial charge in [-0.1, -0.05) is 12.1 Å². The fraction of sp³-hybridized carbons (Fsp3) is 0.385. The van der Waals surface area contributed by atoms with Gasteiger partial charge in [-0.2, -0.15) is 0 Å². The maximum absolute atomic E-state index is 14.0. The van der Waals surface area contributed by atoms with Crippen LogP contribution in [-0.4, -0.2) is 36.2 Å². The SMILES string of the molecule is CC(=O)N1CC(N)=NC(c2cc([NH-])ccc2F)(C(F)F)C1. The predicted molar refractivity (Wildman–Crippen MR) is 71.9 cm³/mol. The Hall–Kier alpha value is -2.25. The van der Waals surface area contributed by atoms with Crippen molar-refractivity contribution in [3.63, 3.8) is 0 Å². The first-order valence-corrected chi connectivity index (χ1v) is 6.16. The van der Waals surface area contributed by atoms with Crippen molar-refractivity contribution in [1.29, 1.82) is 0 Å². The van der Waals surface area contributed by atoms with Gasteiger partial charge in [0, 0.05) is 12.5 Å². The van der Waals surface area contributed by atoms with Crippen LogP contribution in [0.2, 0.25) is 0 Å². The summed E-state index contributed by atoms with van der Waals surface area (Å²) in [5.74, 6) is -1.54. The lowest BCUT2D eigenvalue weighted by Crippen LogP contribution is -2.54. The summed E-state index contributed by atoms with van der Waals surface area (Å²) in [6, 6.07) is 3.07. The minimum Gasteiger partial charge on any atom is -0.699 e. The summed E-state index contributed by atoms with van der Waals surface area (Å²) in [4.78, 5) is 16.3. The summed E-state index contributed by atoms with van der Waals surface area (Å²) in [5.41, 5.74) is 10.2. The molecular weight excluding hydrogens is 285 g/mol. The molecule has 0 aliphatic carbocycles. The molecule has 21 heavy (non-hydrogen) atoms. The van der Waals surface area contributed by atoms with Crippen LogP contribution in [0.5, 0.6) is 0 Å². The normalized spacial score (nSPS) is 22.3. The molecule has 0 fully saturated rings. The lowest BCUT2D eigenvalue weighted by Gasteiger charge is -2.39. The molecule has 1 aromatic rings. The van der Waals surface area contributed by atoms with E-state index in [1.807, 2.05) is 0 Å². The number of rotatable bonds is 2. The first-order valence-electron chi connectivity index (χ1n) is 6.16. The second-order valence-electron chi connectivity index (χ2n) is 4.90. The number of halogens is 3. The number of amides is 1. The van der Waals surface area contributed by atoms with E-state index < -0.39 is 35.8 Å². The van der Waals surface area contributed by atoms with Gasteiger partial charge in [-0.15, -0.1) is 5.69 Å². The van der Waals surface area contributed by atoms with Gasteiger partial charge < -0.3 is 16.4 Å². The van der Waals surface area contributed by atoms with E-state index in [2.05, 4.69) is 4.99 Å². The molecule has 3 N–H and O–H groups in total. The van der Waals surface area contributed by atoms with Crippen LogP contribution in [0.1, 0.15) is 12.5 Å². The Kier molecular flexibility index (Phi) is 3.80. The highest BCUT2D eigenvalue weighted by Gasteiger charge is 2.48. The van der Waals surface area contributed by atoms with Crippen molar-refractivity contribution in [2.24, 2.45) is 10.7 Å². The summed E-state index contributed by atoms with van der Waals surface area (Å²) in [7, 11) is 0. The van der Waals surface area contributed by atoms with Gasteiger partial charge in [0.05, 0.1) is 13.1 Å². The number of carbonyl (C=O) groups is 1. The molecule has 8 heteroatoms. The third-order valence-corrected chi connectivity index (χ3v) is 3.37. The van der Waals surface area contributed by atoms with Gasteiger partial charge in [0.1, 0.15) is 11.7 Å². The molecule has 0 saturated heterocycles. The van der Waals surface area contributed by atoms with E-state index in [-0.39, 0.29) is 18.1 Å². The molecule has 0 spiro atoms.